The number of nitrogens with one attached hydrogen (secondary N) is 1. The lowest BCUT2D eigenvalue weighted by Gasteiger charge is -2.45. The fourth-order valence-corrected chi connectivity index (χ4v) is 5.72. The molecule has 0 aromatic rings. The molecule has 3 heterocycles. The van der Waals surface area contributed by atoms with Gasteiger partial charge in [-0.1, -0.05) is 18.7 Å². The maximum absolute atomic E-state index is 12.2. The van der Waals surface area contributed by atoms with Gasteiger partial charge in [0.1, 0.15) is 5.70 Å². The fraction of sp³-hybridized carbons (Fsp3) is 0.643. The highest BCUT2D eigenvalue weighted by atomic mass is 32.2. The van der Waals surface area contributed by atoms with E-state index in [2.05, 4.69) is 5.32 Å². The van der Waals surface area contributed by atoms with E-state index in [0.29, 0.717) is 23.6 Å². The number of carbonyl (C=O) groups is 3. The first kappa shape index (κ1) is 16.7. The van der Waals surface area contributed by atoms with E-state index in [-0.39, 0.29) is 46.6 Å². The van der Waals surface area contributed by atoms with E-state index in [9.17, 15) is 19.5 Å². The number of nitrogens with zero attached hydrogens (tertiary/aromatic N) is 1. The van der Waals surface area contributed by atoms with E-state index >= 15 is 0 Å². The summed E-state index contributed by atoms with van der Waals surface area (Å²) in [5, 5.41) is 21.4. The minimum Gasteiger partial charge on any atom is -0.477 e. The molecule has 23 heavy (non-hydrogen) atoms. The molecule has 0 radical (unpaired) electrons. The van der Waals surface area contributed by atoms with Crippen LogP contribution in [0.25, 0.3) is 0 Å². The number of rotatable bonds is 5. The number of carbonyl (C=O) groups excluding carboxylic acids is 2. The highest BCUT2D eigenvalue weighted by molar-refractivity contribution is 8.14. The van der Waals surface area contributed by atoms with Gasteiger partial charge in [0.15, 0.2) is 0 Å². The standard InChI is InChI=1S/C14H18N2O5S2/c1-6-9-8(2-3-17)12(18)16(9)10(13(19)20)11(6)23-7-4-15-14(21)22-5-7/h6-9,17H,2-5H2,1H3,(H,15,21)(H,19,20)/t6-,7-,8+,9-/m1/s1. The molecule has 4 atom stereocenters. The Kier molecular flexibility index (Phi) is 4.61. The zero-order chi connectivity index (χ0) is 16.7. The summed E-state index contributed by atoms with van der Waals surface area (Å²) in [6.45, 7) is 2.35. The Labute approximate surface area is 141 Å². The third kappa shape index (κ3) is 2.74. The van der Waals surface area contributed by atoms with Crippen LogP contribution in [0.3, 0.4) is 0 Å². The van der Waals surface area contributed by atoms with Gasteiger partial charge in [-0.3, -0.25) is 9.59 Å². The van der Waals surface area contributed by atoms with E-state index < -0.39 is 5.97 Å². The molecule has 0 aromatic carbocycles. The number of carboxylic acids is 1. The Bertz CT molecular complexity index is 584. The van der Waals surface area contributed by atoms with Crippen molar-refractivity contribution >= 4 is 40.6 Å². The van der Waals surface area contributed by atoms with Gasteiger partial charge in [-0.25, -0.2) is 4.79 Å². The van der Waals surface area contributed by atoms with Crippen LogP contribution in [0.1, 0.15) is 13.3 Å². The van der Waals surface area contributed by atoms with Crippen LogP contribution < -0.4 is 5.32 Å². The number of aliphatic hydroxyl groups excluding tert-OH is 1. The summed E-state index contributed by atoms with van der Waals surface area (Å²) in [5.74, 6) is -1.05. The third-order valence-corrected chi connectivity index (χ3v) is 7.15. The van der Waals surface area contributed by atoms with Crippen molar-refractivity contribution in [3.05, 3.63) is 10.6 Å². The SMILES string of the molecule is C[C@H]1C(S[C@@H]2CNC(=O)SC2)=C(C(=O)O)N2C(=O)[C@@H](CCO)[C@@H]12. The molecule has 3 aliphatic rings. The highest BCUT2D eigenvalue weighted by Crippen LogP contribution is 2.51. The molecule has 2 fully saturated rings. The maximum Gasteiger partial charge on any atom is 0.353 e. The van der Waals surface area contributed by atoms with E-state index in [0.717, 1.165) is 0 Å². The van der Waals surface area contributed by atoms with Gasteiger partial charge in [-0.2, -0.15) is 0 Å². The van der Waals surface area contributed by atoms with Gasteiger partial charge in [0, 0.05) is 35.0 Å². The highest BCUT2D eigenvalue weighted by Gasteiger charge is 2.58. The number of aliphatic hydroxyl groups is 1. The average Bonchev–Trinajstić information content (AvgIpc) is 2.77. The van der Waals surface area contributed by atoms with Crippen molar-refractivity contribution in [3.63, 3.8) is 0 Å². The average molecular weight is 358 g/mol. The molecule has 0 aromatic heterocycles. The quantitative estimate of drug-likeness (QED) is 0.621. The van der Waals surface area contributed by atoms with Crippen LogP contribution in [0.15, 0.2) is 10.6 Å². The molecule has 0 saturated carbocycles. The molecular formula is C14H18N2O5S2. The molecular weight excluding hydrogens is 340 g/mol. The maximum atomic E-state index is 12.2. The molecule has 2 amide bonds. The number of amides is 2. The Morgan fingerprint density at radius 1 is 1.48 bits per heavy atom. The van der Waals surface area contributed by atoms with Crippen LogP contribution in [0.5, 0.6) is 0 Å². The monoisotopic (exact) mass is 358 g/mol. The first-order valence-electron chi connectivity index (χ1n) is 7.44. The smallest absolute Gasteiger partial charge is 0.353 e. The fourth-order valence-electron chi connectivity index (χ4n) is 3.43. The zero-order valence-electron chi connectivity index (χ0n) is 12.5. The van der Waals surface area contributed by atoms with E-state index in [4.69, 9.17) is 5.11 Å². The summed E-state index contributed by atoms with van der Waals surface area (Å²) in [7, 11) is 0. The molecule has 3 rings (SSSR count). The van der Waals surface area contributed by atoms with Gasteiger partial charge in [-0.05, 0) is 6.42 Å². The van der Waals surface area contributed by atoms with Gasteiger partial charge in [-0.15, -0.1) is 11.8 Å². The van der Waals surface area contributed by atoms with Crippen molar-refractivity contribution in [1.82, 2.24) is 10.2 Å². The van der Waals surface area contributed by atoms with Crippen molar-refractivity contribution in [3.8, 4) is 0 Å². The number of β-lactam (4-membered cyclic amide) rings is 1. The summed E-state index contributed by atoms with van der Waals surface area (Å²) in [6, 6.07) is -0.172. The molecule has 7 nitrogen and oxygen atoms in total. The van der Waals surface area contributed by atoms with Gasteiger partial charge < -0.3 is 20.4 Å². The number of fused-ring (bicyclic) bond motifs is 1. The predicted molar refractivity (Wildman–Crippen MR) is 86.9 cm³/mol. The molecule has 3 aliphatic heterocycles. The predicted octanol–water partition coefficient (Wildman–Crippen LogP) is 0.700. The van der Waals surface area contributed by atoms with Gasteiger partial charge in [0.2, 0.25) is 5.91 Å². The second-order valence-electron chi connectivity index (χ2n) is 5.84. The Morgan fingerprint density at radius 2 is 2.22 bits per heavy atom. The van der Waals surface area contributed by atoms with Crippen LogP contribution in [-0.4, -0.2) is 62.4 Å². The summed E-state index contributed by atoms with van der Waals surface area (Å²) < 4.78 is 0. The molecule has 126 valence electrons. The molecule has 9 heteroatoms. The van der Waals surface area contributed by atoms with Crippen molar-refractivity contribution in [1.29, 1.82) is 0 Å². The first-order valence-corrected chi connectivity index (χ1v) is 9.31. The van der Waals surface area contributed by atoms with Crippen LogP contribution in [0.2, 0.25) is 0 Å². The first-order chi connectivity index (χ1) is 11.0. The Morgan fingerprint density at radius 3 is 2.78 bits per heavy atom. The van der Waals surface area contributed by atoms with Crippen molar-refractivity contribution < 1.29 is 24.6 Å². The second-order valence-corrected chi connectivity index (χ2v) is 8.18. The molecule has 3 N–H and O–H groups in total. The van der Waals surface area contributed by atoms with Crippen molar-refractivity contribution in [2.45, 2.75) is 24.6 Å². The van der Waals surface area contributed by atoms with Crippen LogP contribution in [0, 0.1) is 11.8 Å². The topological polar surface area (TPSA) is 107 Å². The van der Waals surface area contributed by atoms with Crippen molar-refractivity contribution in [2.24, 2.45) is 11.8 Å². The number of hydrogen-bond donors (Lipinski definition) is 3. The zero-order valence-corrected chi connectivity index (χ0v) is 14.2. The van der Waals surface area contributed by atoms with E-state index in [1.807, 2.05) is 6.92 Å². The molecule has 2 saturated heterocycles. The van der Waals surface area contributed by atoms with Crippen LogP contribution >= 0.6 is 23.5 Å². The van der Waals surface area contributed by atoms with E-state index in [1.165, 1.54) is 28.4 Å². The van der Waals surface area contributed by atoms with Gasteiger partial charge in [0.25, 0.3) is 5.24 Å². The van der Waals surface area contributed by atoms with Gasteiger partial charge >= 0.3 is 5.97 Å². The molecule has 0 aliphatic carbocycles. The normalized spacial score (nSPS) is 33.4. The lowest BCUT2D eigenvalue weighted by molar-refractivity contribution is -0.157. The van der Waals surface area contributed by atoms with E-state index in [1.54, 1.807) is 0 Å². The minimum absolute atomic E-state index is 0.0595. The number of hydrogen-bond acceptors (Lipinski definition) is 6. The van der Waals surface area contributed by atoms with Crippen LogP contribution in [-0.2, 0) is 9.59 Å². The lowest BCUT2D eigenvalue weighted by atomic mass is 9.80. The summed E-state index contributed by atoms with van der Waals surface area (Å²) in [6.07, 6.45) is 0.366. The summed E-state index contributed by atoms with van der Waals surface area (Å²) >= 11 is 2.64. The Hall–Kier alpha value is -1.19. The van der Waals surface area contributed by atoms with Crippen LogP contribution in [0.4, 0.5) is 4.79 Å². The van der Waals surface area contributed by atoms with Crippen molar-refractivity contribution in [2.75, 3.05) is 18.9 Å². The molecule has 0 bridgehead atoms. The summed E-state index contributed by atoms with van der Waals surface area (Å²) in [5.41, 5.74) is 0.0774. The summed E-state index contributed by atoms with van der Waals surface area (Å²) in [4.78, 5) is 37.2. The van der Waals surface area contributed by atoms with Gasteiger partial charge in [0.05, 0.1) is 12.0 Å². The second kappa shape index (κ2) is 6.37. The molecule has 0 unspecified atom stereocenters. The number of aliphatic carboxylic acids is 1. The molecule has 0 spiro atoms. The third-order valence-electron chi connectivity index (χ3n) is 4.48. The Balaban J connectivity index is 1.81. The number of carboxylic acid groups (broad SMARTS) is 1. The number of thioether (sulfide) groups is 2. The lowest BCUT2D eigenvalue weighted by Crippen LogP contribution is -2.60. The largest absolute Gasteiger partial charge is 0.477 e. The minimum atomic E-state index is -1.09.